The predicted molar refractivity (Wildman–Crippen MR) is 107 cm³/mol. The monoisotopic (exact) mass is 375 g/mol. The number of amides is 1. The molecule has 1 atom stereocenters. The Morgan fingerprint density at radius 1 is 1.15 bits per heavy atom. The van der Waals surface area contributed by atoms with Gasteiger partial charge in [0.05, 0.1) is 12.2 Å². The third kappa shape index (κ3) is 5.73. The second-order valence-electron chi connectivity index (χ2n) is 6.32. The minimum atomic E-state index is -0.0131. The number of rotatable bonds is 6. The molecule has 140 valence electrons. The van der Waals surface area contributed by atoms with E-state index < -0.39 is 0 Å². The van der Waals surface area contributed by atoms with Crippen LogP contribution in [0.5, 0.6) is 11.5 Å². The molecule has 26 heavy (non-hydrogen) atoms. The zero-order chi connectivity index (χ0) is 17.5. The second-order valence-corrected chi connectivity index (χ2v) is 6.32. The molecular weight excluding hydrogens is 350 g/mol. The lowest BCUT2D eigenvalue weighted by Crippen LogP contribution is -2.46. The highest BCUT2D eigenvalue weighted by molar-refractivity contribution is 5.93. The average Bonchev–Trinajstić information content (AvgIpc) is 2.64. The maximum atomic E-state index is 12.5. The van der Waals surface area contributed by atoms with Crippen molar-refractivity contribution in [2.75, 3.05) is 32.0 Å². The summed E-state index contributed by atoms with van der Waals surface area (Å²) in [5.41, 5.74) is 0.693. The Bertz CT molecular complexity index is 696. The van der Waals surface area contributed by atoms with Gasteiger partial charge in [-0.3, -0.25) is 9.69 Å². The van der Waals surface area contributed by atoms with Crippen LogP contribution in [-0.4, -0.2) is 43.5 Å². The van der Waals surface area contributed by atoms with Crippen molar-refractivity contribution in [1.82, 2.24) is 10.2 Å². The molecule has 0 spiro atoms. The Balaban J connectivity index is 0.00000243. The van der Waals surface area contributed by atoms with Gasteiger partial charge in [0.15, 0.2) is 5.75 Å². The molecule has 1 aliphatic rings. The van der Waals surface area contributed by atoms with Crippen molar-refractivity contribution >= 4 is 24.0 Å². The van der Waals surface area contributed by atoms with Gasteiger partial charge < -0.3 is 15.4 Å². The summed E-state index contributed by atoms with van der Waals surface area (Å²) in [7, 11) is 1.98. The van der Waals surface area contributed by atoms with Crippen molar-refractivity contribution < 1.29 is 9.53 Å². The summed E-state index contributed by atoms with van der Waals surface area (Å²) in [4.78, 5) is 14.6. The molecule has 1 heterocycles. The van der Waals surface area contributed by atoms with Crippen LogP contribution in [0, 0.1) is 0 Å². The van der Waals surface area contributed by atoms with Gasteiger partial charge >= 0.3 is 0 Å². The quantitative estimate of drug-likeness (QED) is 0.811. The predicted octanol–water partition coefficient (Wildman–Crippen LogP) is 3.52. The lowest BCUT2D eigenvalue weighted by atomic mass is 10.1. The molecule has 2 aromatic carbocycles. The van der Waals surface area contributed by atoms with Crippen LogP contribution in [0.3, 0.4) is 0 Å². The first-order chi connectivity index (χ1) is 12.2. The number of hydrogen-bond donors (Lipinski definition) is 2. The van der Waals surface area contributed by atoms with Crippen LogP contribution in [0.4, 0.5) is 5.69 Å². The summed E-state index contributed by atoms with van der Waals surface area (Å²) in [6, 6.07) is 17.6. The smallest absolute Gasteiger partial charge is 0.238 e. The highest BCUT2D eigenvalue weighted by atomic mass is 35.5. The van der Waals surface area contributed by atoms with Gasteiger partial charge in [-0.15, -0.1) is 12.4 Å². The average molecular weight is 376 g/mol. The van der Waals surface area contributed by atoms with Crippen molar-refractivity contribution in [3.05, 3.63) is 54.6 Å². The first-order valence-electron chi connectivity index (χ1n) is 8.76. The van der Waals surface area contributed by atoms with E-state index in [1.54, 1.807) is 0 Å². The number of likely N-dealkylation sites (tertiary alicyclic amines) is 1. The Hall–Kier alpha value is -2.08. The van der Waals surface area contributed by atoms with E-state index in [9.17, 15) is 4.79 Å². The molecule has 1 unspecified atom stereocenters. The third-order valence-corrected chi connectivity index (χ3v) is 4.41. The van der Waals surface area contributed by atoms with Crippen LogP contribution in [0.2, 0.25) is 0 Å². The molecule has 5 nitrogen and oxygen atoms in total. The van der Waals surface area contributed by atoms with E-state index in [0.29, 0.717) is 24.0 Å². The van der Waals surface area contributed by atoms with Gasteiger partial charge in [-0.2, -0.15) is 0 Å². The van der Waals surface area contributed by atoms with Gasteiger partial charge in [-0.05, 0) is 50.7 Å². The van der Waals surface area contributed by atoms with Gasteiger partial charge in [-0.1, -0.05) is 30.3 Å². The largest absolute Gasteiger partial charge is 0.455 e. The van der Waals surface area contributed by atoms with E-state index in [2.05, 4.69) is 15.5 Å². The van der Waals surface area contributed by atoms with Crippen molar-refractivity contribution in [2.45, 2.75) is 18.9 Å². The lowest BCUT2D eigenvalue weighted by Gasteiger charge is -2.31. The number of anilines is 1. The van der Waals surface area contributed by atoms with Crippen LogP contribution in [0.25, 0.3) is 0 Å². The molecule has 1 fully saturated rings. The van der Waals surface area contributed by atoms with E-state index in [1.165, 1.54) is 6.42 Å². The molecule has 0 aliphatic carbocycles. The molecular formula is C20H26ClN3O2. The highest BCUT2D eigenvalue weighted by Crippen LogP contribution is 2.29. The Labute approximate surface area is 161 Å². The number of para-hydroxylation sites is 3. The third-order valence-electron chi connectivity index (χ3n) is 4.41. The number of likely N-dealkylation sites (N-methyl/N-ethyl adjacent to an activating group) is 1. The minimum Gasteiger partial charge on any atom is -0.455 e. The molecule has 2 aromatic rings. The number of nitrogens with zero attached hydrogens (tertiary/aromatic N) is 1. The summed E-state index contributed by atoms with van der Waals surface area (Å²) in [6.45, 7) is 2.28. The number of nitrogens with one attached hydrogen (secondary N) is 2. The van der Waals surface area contributed by atoms with Gasteiger partial charge in [-0.25, -0.2) is 0 Å². The molecule has 0 saturated carbocycles. The maximum absolute atomic E-state index is 12.5. The summed E-state index contributed by atoms with van der Waals surface area (Å²) in [5.74, 6) is 1.38. The summed E-state index contributed by atoms with van der Waals surface area (Å²) < 4.78 is 5.90. The van der Waals surface area contributed by atoms with Crippen LogP contribution >= 0.6 is 12.4 Å². The molecule has 1 aliphatic heterocycles. The number of hydrogen-bond acceptors (Lipinski definition) is 4. The number of carbonyl (C=O) groups is 1. The van der Waals surface area contributed by atoms with Crippen molar-refractivity contribution in [2.24, 2.45) is 0 Å². The molecule has 0 bridgehead atoms. The summed E-state index contributed by atoms with van der Waals surface area (Å²) >= 11 is 0. The van der Waals surface area contributed by atoms with Crippen molar-refractivity contribution in [1.29, 1.82) is 0 Å². The molecule has 1 saturated heterocycles. The lowest BCUT2D eigenvalue weighted by molar-refractivity contribution is -0.117. The summed E-state index contributed by atoms with van der Waals surface area (Å²) in [6.07, 6.45) is 2.29. The number of benzene rings is 2. The molecule has 0 radical (unpaired) electrons. The molecule has 2 N–H and O–H groups in total. The first kappa shape index (κ1) is 20.2. The van der Waals surface area contributed by atoms with E-state index in [1.807, 2.05) is 61.6 Å². The molecule has 1 amide bonds. The van der Waals surface area contributed by atoms with Crippen molar-refractivity contribution in [3.8, 4) is 11.5 Å². The van der Waals surface area contributed by atoms with E-state index >= 15 is 0 Å². The molecule has 6 heteroatoms. The minimum absolute atomic E-state index is 0. The topological polar surface area (TPSA) is 53.6 Å². The molecule has 3 rings (SSSR count). The normalized spacial score (nSPS) is 17.2. The number of halogens is 1. The van der Waals surface area contributed by atoms with Crippen LogP contribution in [0.1, 0.15) is 12.8 Å². The van der Waals surface area contributed by atoms with Crippen LogP contribution in [0.15, 0.2) is 54.6 Å². The Morgan fingerprint density at radius 3 is 2.65 bits per heavy atom. The fraction of sp³-hybridized carbons (Fsp3) is 0.350. The van der Waals surface area contributed by atoms with E-state index in [-0.39, 0.29) is 18.3 Å². The zero-order valence-corrected chi connectivity index (χ0v) is 15.8. The van der Waals surface area contributed by atoms with E-state index in [4.69, 9.17) is 4.74 Å². The highest BCUT2D eigenvalue weighted by Gasteiger charge is 2.20. The van der Waals surface area contributed by atoms with E-state index in [0.717, 1.165) is 25.3 Å². The Morgan fingerprint density at radius 2 is 1.88 bits per heavy atom. The van der Waals surface area contributed by atoms with Gasteiger partial charge in [0.2, 0.25) is 5.91 Å². The van der Waals surface area contributed by atoms with Crippen LogP contribution in [-0.2, 0) is 4.79 Å². The maximum Gasteiger partial charge on any atom is 0.238 e. The number of carbonyl (C=O) groups excluding carboxylic acids is 1. The van der Waals surface area contributed by atoms with Gasteiger partial charge in [0, 0.05) is 12.6 Å². The SMILES string of the molecule is CNC1CCCN(CC(=O)Nc2ccccc2Oc2ccccc2)C1.Cl. The van der Waals surface area contributed by atoms with Crippen LogP contribution < -0.4 is 15.4 Å². The van der Waals surface area contributed by atoms with Gasteiger partial charge in [0.25, 0.3) is 0 Å². The standard InChI is InChI=1S/C20H25N3O2.ClH/c1-21-16-8-7-13-23(14-16)15-20(24)22-18-11-5-6-12-19(18)25-17-9-3-2-4-10-17;/h2-6,9-12,16,21H,7-8,13-15H2,1H3,(H,22,24);1H. The van der Waals surface area contributed by atoms with Gasteiger partial charge in [0.1, 0.15) is 5.75 Å². The van der Waals surface area contributed by atoms with Crippen molar-refractivity contribution in [3.63, 3.8) is 0 Å². The number of ether oxygens (including phenoxy) is 1. The zero-order valence-electron chi connectivity index (χ0n) is 15.0. The Kier molecular flexibility index (Phi) is 7.91. The first-order valence-corrected chi connectivity index (χ1v) is 8.76. The number of piperidine rings is 1. The summed E-state index contributed by atoms with van der Waals surface area (Å²) in [5, 5.41) is 6.28. The second kappa shape index (κ2) is 10.2. The fourth-order valence-corrected chi connectivity index (χ4v) is 3.10. The fourth-order valence-electron chi connectivity index (χ4n) is 3.10. The molecule has 0 aromatic heterocycles.